The molecule has 3 rings (SSSR count). The van der Waals surface area contributed by atoms with E-state index in [1.54, 1.807) is 4.90 Å². The van der Waals surface area contributed by atoms with Gasteiger partial charge in [0, 0.05) is 20.1 Å². The molecule has 1 aliphatic rings. The first-order valence-electron chi connectivity index (χ1n) is 8.13. The molecule has 1 aliphatic heterocycles. The number of carbonyl (C=O) groups excluding carboxylic acids is 1. The molecule has 2 aromatic rings. The third-order valence-corrected chi connectivity index (χ3v) is 4.66. The fraction of sp³-hybridized carbons (Fsp3) is 0.471. The van der Waals surface area contributed by atoms with Crippen LogP contribution in [0.3, 0.4) is 0 Å². The predicted molar refractivity (Wildman–Crippen MR) is 89.6 cm³/mol. The van der Waals surface area contributed by atoms with Gasteiger partial charge in [-0.25, -0.2) is 9.78 Å². The molecule has 0 spiro atoms. The Bertz CT molecular complexity index is 775. The van der Waals surface area contributed by atoms with E-state index < -0.39 is 5.97 Å². The number of hydrogen-bond donors (Lipinski definition) is 2. The predicted octanol–water partition coefficient (Wildman–Crippen LogP) is 1.89. The average molecular weight is 330 g/mol. The number of rotatable bonds is 3. The maximum absolute atomic E-state index is 12.3. The summed E-state index contributed by atoms with van der Waals surface area (Å²) in [7, 11) is 1.94. The number of aryl methyl sites for hydroxylation is 2. The van der Waals surface area contributed by atoms with Crippen LogP contribution in [0.15, 0.2) is 18.2 Å². The normalized spacial score (nSPS) is 15.7. The Morgan fingerprint density at radius 1 is 1.33 bits per heavy atom. The molecule has 2 amide bonds. The van der Waals surface area contributed by atoms with Crippen molar-refractivity contribution in [2.75, 3.05) is 13.1 Å². The number of fused-ring (bicyclic) bond motifs is 1. The van der Waals surface area contributed by atoms with E-state index in [1.807, 2.05) is 36.7 Å². The van der Waals surface area contributed by atoms with E-state index in [9.17, 15) is 9.59 Å². The van der Waals surface area contributed by atoms with E-state index in [0.717, 1.165) is 22.4 Å². The fourth-order valence-corrected chi connectivity index (χ4v) is 3.11. The number of aromatic nitrogens is 2. The molecule has 0 aliphatic carbocycles. The summed E-state index contributed by atoms with van der Waals surface area (Å²) in [5.41, 5.74) is 3.11. The van der Waals surface area contributed by atoms with Crippen LogP contribution in [-0.4, -0.2) is 44.6 Å². The molecule has 0 atom stereocenters. The van der Waals surface area contributed by atoms with Crippen LogP contribution in [0.4, 0.5) is 4.79 Å². The number of nitrogens with zero attached hydrogens (tertiary/aromatic N) is 3. The van der Waals surface area contributed by atoms with Crippen LogP contribution in [0, 0.1) is 12.8 Å². The highest BCUT2D eigenvalue weighted by molar-refractivity contribution is 5.77. The van der Waals surface area contributed by atoms with E-state index in [2.05, 4.69) is 10.3 Å². The van der Waals surface area contributed by atoms with Gasteiger partial charge in [-0.2, -0.15) is 0 Å². The summed E-state index contributed by atoms with van der Waals surface area (Å²) in [6.07, 6.45) is 1.02. The van der Waals surface area contributed by atoms with Crippen LogP contribution in [0.5, 0.6) is 0 Å². The number of urea groups is 1. The van der Waals surface area contributed by atoms with Crippen molar-refractivity contribution in [1.29, 1.82) is 0 Å². The number of imidazole rings is 1. The number of carbonyl (C=O) groups is 2. The topological polar surface area (TPSA) is 87.5 Å². The molecule has 24 heavy (non-hydrogen) atoms. The summed E-state index contributed by atoms with van der Waals surface area (Å²) in [4.78, 5) is 29.5. The number of hydrogen-bond acceptors (Lipinski definition) is 3. The summed E-state index contributed by atoms with van der Waals surface area (Å²) in [6.45, 7) is 3.33. The number of carboxylic acids is 1. The van der Waals surface area contributed by atoms with Crippen molar-refractivity contribution in [1.82, 2.24) is 19.8 Å². The SMILES string of the molecule is Cc1ccc2c(c1)nc(CNC(=O)N1CCC(C(=O)O)CC1)n2C. The Morgan fingerprint density at radius 3 is 2.71 bits per heavy atom. The van der Waals surface area contributed by atoms with Crippen molar-refractivity contribution in [3.8, 4) is 0 Å². The van der Waals surface area contributed by atoms with Gasteiger partial charge in [0.2, 0.25) is 0 Å². The minimum absolute atomic E-state index is 0.165. The second kappa shape index (κ2) is 6.51. The Kier molecular flexibility index (Phi) is 4.42. The number of piperidine rings is 1. The lowest BCUT2D eigenvalue weighted by Crippen LogP contribution is -2.45. The third-order valence-electron chi connectivity index (χ3n) is 4.66. The number of amides is 2. The molecule has 0 bridgehead atoms. The summed E-state index contributed by atoms with van der Waals surface area (Å²) in [5.74, 6) is -0.313. The van der Waals surface area contributed by atoms with Crippen molar-refractivity contribution in [2.45, 2.75) is 26.3 Å². The second-order valence-electron chi connectivity index (χ2n) is 6.34. The van der Waals surface area contributed by atoms with Gasteiger partial charge in [-0.3, -0.25) is 4.79 Å². The van der Waals surface area contributed by atoms with Crippen molar-refractivity contribution >= 4 is 23.0 Å². The third kappa shape index (κ3) is 3.20. The van der Waals surface area contributed by atoms with E-state index in [0.29, 0.717) is 32.5 Å². The number of benzene rings is 1. The molecule has 1 aromatic heterocycles. The lowest BCUT2D eigenvalue weighted by molar-refractivity contribution is -0.143. The van der Waals surface area contributed by atoms with Crippen LogP contribution >= 0.6 is 0 Å². The van der Waals surface area contributed by atoms with E-state index >= 15 is 0 Å². The largest absolute Gasteiger partial charge is 0.481 e. The first-order chi connectivity index (χ1) is 11.5. The minimum atomic E-state index is -0.773. The summed E-state index contributed by atoms with van der Waals surface area (Å²) < 4.78 is 1.98. The maximum Gasteiger partial charge on any atom is 0.317 e. The molecule has 0 unspecified atom stereocenters. The zero-order valence-corrected chi connectivity index (χ0v) is 14.0. The van der Waals surface area contributed by atoms with Gasteiger partial charge in [0.15, 0.2) is 0 Å². The zero-order valence-electron chi connectivity index (χ0n) is 14.0. The van der Waals surface area contributed by atoms with Gasteiger partial charge >= 0.3 is 12.0 Å². The van der Waals surface area contributed by atoms with Crippen molar-refractivity contribution in [3.05, 3.63) is 29.6 Å². The minimum Gasteiger partial charge on any atom is -0.481 e. The number of aliphatic carboxylic acids is 1. The highest BCUT2D eigenvalue weighted by Crippen LogP contribution is 2.18. The summed E-state index contributed by atoms with van der Waals surface area (Å²) >= 11 is 0. The van der Waals surface area contributed by atoms with Gasteiger partial charge in [-0.15, -0.1) is 0 Å². The molecule has 1 fully saturated rings. The van der Waals surface area contributed by atoms with Crippen LogP contribution in [0.25, 0.3) is 11.0 Å². The lowest BCUT2D eigenvalue weighted by Gasteiger charge is -2.30. The van der Waals surface area contributed by atoms with Crippen molar-refractivity contribution in [3.63, 3.8) is 0 Å². The van der Waals surface area contributed by atoms with Gasteiger partial charge in [-0.1, -0.05) is 6.07 Å². The Morgan fingerprint density at radius 2 is 2.04 bits per heavy atom. The standard InChI is InChI=1S/C17H22N4O3/c1-11-3-4-14-13(9-11)19-15(20(14)2)10-18-17(24)21-7-5-12(6-8-21)16(22)23/h3-4,9,12H,5-8,10H2,1-2H3,(H,18,24)(H,22,23). The molecule has 1 saturated heterocycles. The van der Waals surface area contributed by atoms with Gasteiger partial charge in [-0.05, 0) is 37.5 Å². The Labute approximate surface area is 140 Å². The molecule has 128 valence electrons. The van der Waals surface area contributed by atoms with E-state index in [1.165, 1.54) is 0 Å². The van der Waals surface area contributed by atoms with E-state index in [4.69, 9.17) is 5.11 Å². The van der Waals surface area contributed by atoms with Crippen LogP contribution in [0.1, 0.15) is 24.2 Å². The first kappa shape index (κ1) is 16.3. The molecule has 0 saturated carbocycles. The summed E-state index contributed by atoms with van der Waals surface area (Å²) in [5, 5.41) is 11.9. The van der Waals surface area contributed by atoms with Gasteiger partial charge in [0.1, 0.15) is 5.82 Å². The van der Waals surface area contributed by atoms with Gasteiger partial charge < -0.3 is 19.9 Å². The quantitative estimate of drug-likeness (QED) is 0.899. The monoisotopic (exact) mass is 330 g/mol. The number of carboxylic acid groups (broad SMARTS) is 1. The molecule has 2 heterocycles. The van der Waals surface area contributed by atoms with Crippen LogP contribution in [-0.2, 0) is 18.4 Å². The van der Waals surface area contributed by atoms with Crippen molar-refractivity contribution in [2.24, 2.45) is 13.0 Å². The molecular weight excluding hydrogens is 308 g/mol. The maximum atomic E-state index is 12.3. The highest BCUT2D eigenvalue weighted by atomic mass is 16.4. The molecule has 0 radical (unpaired) electrons. The fourth-order valence-electron chi connectivity index (χ4n) is 3.11. The summed E-state index contributed by atoms with van der Waals surface area (Å²) in [6, 6.07) is 5.93. The molecule has 7 heteroatoms. The van der Waals surface area contributed by atoms with Crippen molar-refractivity contribution < 1.29 is 14.7 Å². The molecule has 7 nitrogen and oxygen atoms in total. The van der Waals surface area contributed by atoms with E-state index in [-0.39, 0.29) is 11.9 Å². The second-order valence-corrected chi connectivity index (χ2v) is 6.34. The number of likely N-dealkylation sites (tertiary alicyclic amines) is 1. The van der Waals surface area contributed by atoms with Crippen LogP contribution < -0.4 is 5.32 Å². The number of nitrogens with one attached hydrogen (secondary N) is 1. The average Bonchev–Trinajstić information content (AvgIpc) is 2.88. The highest BCUT2D eigenvalue weighted by Gasteiger charge is 2.26. The zero-order chi connectivity index (χ0) is 17.3. The Hall–Kier alpha value is -2.57. The van der Waals surface area contributed by atoms with Gasteiger partial charge in [0.25, 0.3) is 0 Å². The van der Waals surface area contributed by atoms with Crippen LogP contribution in [0.2, 0.25) is 0 Å². The first-order valence-corrected chi connectivity index (χ1v) is 8.13. The van der Waals surface area contributed by atoms with Gasteiger partial charge in [0.05, 0.1) is 23.5 Å². The smallest absolute Gasteiger partial charge is 0.317 e. The molecular formula is C17H22N4O3. The molecule has 1 aromatic carbocycles. The Balaban J connectivity index is 1.61. The lowest BCUT2D eigenvalue weighted by atomic mass is 9.97. The molecule has 2 N–H and O–H groups in total.